The van der Waals surface area contributed by atoms with E-state index in [0.29, 0.717) is 6.54 Å². The first kappa shape index (κ1) is 26.5. The molecule has 0 spiro atoms. The molecule has 1 heterocycles. The summed E-state index contributed by atoms with van der Waals surface area (Å²) in [5.41, 5.74) is 3.14. The number of imidazole rings is 1. The molecule has 192 valence electrons. The third-order valence-corrected chi connectivity index (χ3v) is 6.77. The van der Waals surface area contributed by atoms with E-state index in [1.165, 1.54) is 0 Å². The SMILES string of the molecule is CC(C)(C)OC(=O)Cn1c(SCCCNC(=O)C(c2ccccc2)c2ccccc2)nc2ccccc21. The molecule has 37 heavy (non-hydrogen) atoms. The number of amides is 1. The maximum atomic E-state index is 13.2. The Labute approximate surface area is 222 Å². The van der Waals surface area contributed by atoms with Gasteiger partial charge in [0.15, 0.2) is 5.16 Å². The minimum absolute atomic E-state index is 0.0143. The Morgan fingerprint density at radius 1 is 0.919 bits per heavy atom. The summed E-state index contributed by atoms with van der Waals surface area (Å²) >= 11 is 1.58. The van der Waals surface area contributed by atoms with Crippen LogP contribution in [0.1, 0.15) is 44.2 Å². The number of carbonyl (C=O) groups is 2. The van der Waals surface area contributed by atoms with Gasteiger partial charge in [0.05, 0.1) is 17.0 Å². The highest BCUT2D eigenvalue weighted by Crippen LogP contribution is 2.26. The third kappa shape index (κ3) is 7.23. The summed E-state index contributed by atoms with van der Waals surface area (Å²) in [6.45, 7) is 6.24. The van der Waals surface area contributed by atoms with Crippen LogP contribution in [-0.2, 0) is 20.9 Å². The van der Waals surface area contributed by atoms with Crippen molar-refractivity contribution in [3.63, 3.8) is 0 Å². The third-order valence-electron chi connectivity index (χ3n) is 5.71. The molecule has 0 atom stereocenters. The first-order chi connectivity index (χ1) is 17.8. The monoisotopic (exact) mass is 515 g/mol. The van der Waals surface area contributed by atoms with Crippen LogP contribution in [0.5, 0.6) is 0 Å². The lowest BCUT2D eigenvalue weighted by Gasteiger charge is -2.20. The Morgan fingerprint density at radius 3 is 2.14 bits per heavy atom. The lowest BCUT2D eigenvalue weighted by atomic mass is 9.90. The van der Waals surface area contributed by atoms with E-state index in [-0.39, 0.29) is 24.3 Å². The maximum Gasteiger partial charge on any atom is 0.326 e. The Balaban J connectivity index is 1.37. The van der Waals surface area contributed by atoms with Crippen LogP contribution in [0.2, 0.25) is 0 Å². The second kappa shape index (κ2) is 12.1. The minimum atomic E-state index is -0.545. The van der Waals surface area contributed by atoms with E-state index in [9.17, 15) is 9.59 Å². The number of hydrogen-bond acceptors (Lipinski definition) is 5. The molecule has 3 aromatic carbocycles. The van der Waals surface area contributed by atoms with Crippen LogP contribution in [0.4, 0.5) is 0 Å². The van der Waals surface area contributed by atoms with E-state index in [0.717, 1.165) is 39.5 Å². The van der Waals surface area contributed by atoms with Crippen molar-refractivity contribution in [3.8, 4) is 0 Å². The van der Waals surface area contributed by atoms with Gasteiger partial charge in [-0.15, -0.1) is 0 Å². The quantitative estimate of drug-likeness (QED) is 0.164. The van der Waals surface area contributed by atoms with Gasteiger partial charge in [0.25, 0.3) is 0 Å². The predicted molar refractivity (Wildman–Crippen MR) is 149 cm³/mol. The summed E-state index contributed by atoms with van der Waals surface area (Å²) in [6, 6.07) is 27.5. The number of esters is 1. The highest BCUT2D eigenvalue weighted by Gasteiger charge is 2.22. The van der Waals surface area contributed by atoms with Gasteiger partial charge in [-0.1, -0.05) is 84.6 Å². The largest absolute Gasteiger partial charge is 0.459 e. The Bertz CT molecular complexity index is 1290. The highest BCUT2D eigenvalue weighted by atomic mass is 32.2. The number of para-hydroxylation sites is 2. The summed E-state index contributed by atoms with van der Waals surface area (Å²) in [5.74, 6) is 0.0875. The van der Waals surface area contributed by atoms with E-state index in [2.05, 4.69) is 5.32 Å². The standard InChI is InChI=1S/C30H33N3O3S/c1-30(2,3)36-26(34)21-33-25-18-11-10-17-24(25)32-29(33)37-20-12-19-31-28(35)27(22-13-6-4-7-14-22)23-15-8-5-9-16-23/h4-11,13-18,27H,12,19-21H2,1-3H3,(H,31,35). The van der Waals surface area contributed by atoms with Crippen LogP contribution < -0.4 is 5.32 Å². The van der Waals surface area contributed by atoms with Crippen LogP contribution in [0.3, 0.4) is 0 Å². The average Bonchev–Trinajstić information content (AvgIpc) is 3.21. The molecule has 0 aliphatic rings. The normalized spacial score (nSPS) is 11.6. The molecule has 4 aromatic rings. The Morgan fingerprint density at radius 2 is 1.51 bits per heavy atom. The molecule has 4 rings (SSSR count). The molecule has 0 radical (unpaired) electrons. The molecule has 1 aromatic heterocycles. The molecule has 1 amide bonds. The van der Waals surface area contributed by atoms with Crippen molar-refractivity contribution in [2.45, 2.75) is 50.4 Å². The molecule has 0 aliphatic carbocycles. The molecule has 0 aliphatic heterocycles. The van der Waals surface area contributed by atoms with Gasteiger partial charge in [-0.05, 0) is 50.5 Å². The zero-order valence-corrected chi connectivity index (χ0v) is 22.3. The van der Waals surface area contributed by atoms with Gasteiger partial charge in [-0.2, -0.15) is 0 Å². The lowest BCUT2D eigenvalue weighted by Crippen LogP contribution is -2.31. The van der Waals surface area contributed by atoms with Crippen molar-refractivity contribution < 1.29 is 14.3 Å². The van der Waals surface area contributed by atoms with Crippen molar-refractivity contribution >= 4 is 34.7 Å². The maximum absolute atomic E-state index is 13.2. The smallest absolute Gasteiger partial charge is 0.326 e. The van der Waals surface area contributed by atoms with Gasteiger partial charge in [0.2, 0.25) is 5.91 Å². The highest BCUT2D eigenvalue weighted by molar-refractivity contribution is 7.99. The van der Waals surface area contributed by atoms with E-state index < -0.39 is 5.60 Å². The van der Waals surface area contributed by atoms with Crippen LogP contribution in [0, 0.1) is 0 Å². The van der Waals surface area contributed by atoms with Crippen LogP contribution in [0.25, 0.3) is 11.0 Å². The first-order valence-corrected chi connectivity index (χ1v) is 13.5. The summed E-state index contributed by atoms with van der Waals surface area (Å²) < 4.78 is 7.45. The fraction of sp³-hybridized carbons (Fsp3) is 0.300. The fourth-order valence-corrected chi connectivity index (χ4v) is 5.11. The number of benzene rings is 3. The van der Waals surface area contributed by atoms with Crippen molar-refractivity contribution in [1.29, 1.82) is 0 Å². The van der Waals surface area contributed by atoms with Crippen molar-refractivity contribution in [1.82, 2.24) is 14.9 Å². The molecule has 0 saturated heterocycles. The van der Waals surface area contributed by atoms with Crippen molar-refractivity contribution in [3.05, 3.63) is 96.1 Å². The predicted octanol–water partition coefficient (Wildman–Crippen LogP) is 5.81. The summed E-state index contributed by atoms with van der Waals surface area (Å²) in [4.78, 5) is 30.5. The second-order valence-corrected chi connectivity index (χ2v) is 10.9. The van der Waals surface area contributed by atoms with Crippen LogP contribution in [-0.4, -0.2) is 39.3 Å². The number of rotatable bonds is 10. The molecule has 6 nitrogen and oxygen atoms in total. The number of hydrogen-bond donors (Lipinski definition) is 1. The van der Waals surface area contributed by atoms with E-state index in [4.69, 9.17) is 9.72 Å². The molecule has 0 unspecified atom stereocenters. The molecular formula is C30H33N3O3S. The van der Waals surface area contributed by atoms with Gasteiger partial charge in [0, 0.05) is 12.3 Å². The zero-order chi connectivity index (χ0) is 26.3. The number of fused-ring (bicyclic) bond motifs is 1. The molecule has 0 bridgehead atoms. The number of thioether (sulfide) groups is 1. The summed E-state index contributed by atoms with van der Waals surface area (Å²) in [7, 11) is 0. The number of aromatic nitrogens is 2. The second-order valence-electron chi connectivity index (χ2n) is 9.80. The van der Waals surface area contributed by atoms with Gasteiger partial charge in [-0.25, -0.2) is 4.98 Å². The van der Waals surface area contributed by atoms with Gasteiger partial charge >= 0.3 is 5.97 Å². The molecule has 1 N–H and O–H groups in total. The zero-order valence-electron chi connectivity index (χ0n) is 21.5. The Kier molecular flexibility index (Phi) is 8.66. The molecule has 0 saturated carbocycles. The molecule has 0 fully saturated rings. The number of carbonyl (C=O) groups excluding carboxylic acids is 2. The number of nitrogens with zero attached hydrogens (tertiary/aromatic N) is 2. The van der Waals surface area contributed by atoms with E-state index in [1.807, 2.05) is 110 Å². The van der Waals surface area contributed by atoms with Gasteiger partial charge in [-0.3, -0.25) is 9.59 Å². The Hall–Kier alpha value is -3.58. The fourth-order valence-electron chi connectivity index (χ4n) is 4.15. The first-order valence-electron chi connectivity index (χ1n) is 12.5. The van der Waals surface area contributed by atoms with Crippen LogP contribution >= 0.6 is 11.8 Å². The summed E-state index contributed by atoms with van der Waals surface area (Å²) in [6.07, 6.45) is 0.766. The molecular weight excluding hydrogens is 482 g/mol. The number of ether oxygens (including phenoxy) is 1. The van der Waals surface area contributed by atoms with Gasteiger partial charge < -0.3 is 14.6 Å². The average molecular weight is 516 g/mol. The van der Waals surface area contributed by atoms with Crippen LogP contribution in [0.15, 0.2) is 90.1 Å². The molecule has 7 heteroatoms. The van der Waals surface area contributed by atoms with E-state index in [1.54, 1.807) is 11.8 Å². The van der Waals surface area contributed by atoms with E-state index >= 15 is 0 Å². The minimum Gasteiger partial charge on any atom is -0.459 e. The van der Waals surface area contributed by atoms with Gasteiger partial charge in [0.1, 0.15) is 12.1 Å². The lowest BCUT2D eigenvalue weighted by molar-refractivity contribution is -0.155. The topological polar surface area (TPSA) is 73.2 Å². The summed E-state index contributed by atoms with van der Waals surface area (Å²) in [5, 5.41) is 3.88. The number of nitrogens with one attached hydrogen (secondary N) is 1. The van der Waals surface area contributed by atoms with Crippen molar-refractivity contribution in [2.24, 2.45) is 0 Å². The van der Waals surface area contributed by atoms with Crippen molar-refractivity contribution in [2.75, 3.05) is 12.3 Å².